The number of rotatable bonds is 4. The van der Waals surface area contributed by atoms with Crippen molar-refractivity contribution in [1.29, 1.82) is 5.26 Å². The van der Waals surface area contributed by atoms with Crippen LogP contribution in [0.15, 0.2) is 34.8 Å². The molecule has 2 rings (SSSR count). The summed E-state index contributed by atoms with van der Waals surface area (Å²) in [6, 6.07) is 9.58. The topological polar surface area (TPSA) is 69.0 Å². The summed E-state index contributed by atoms with van der Waals surface area (Å²) in [5.74, 6) is -0.662. The fraction of sp³-hybridized carbons (Fsp3) is 0.235. The number of nitrogens with zero attached hydrogens (tertiary/aromatic N) is 3. The van der Waals surface area contributed by atoms with Gasteiger partial charge in [-0.25, -0.2) is 4.98 Å². The zero-order valence-corrected chi connectivity index (χ0v) is 15.4. The molecular formula is C17H14BrF3N4O. The molecule has 1 aromatic carbocycles. The van der Waals surface area contributed by atoms with E-state index in [-0.39, 0.29) is 23.5 Å². The number of alkyl halides is 3. The molecule has 0 radical (unpaired) electrons. The first kappa shape index (κ1) is 19.7. The van der Waals surface area contributed by atoms with Crippen LogP contribution in [0.1, 0.15) is 16.8 Å². The number of likely N-dealkylation sites (N-methyl/N-ethyl adjacent to an activating group) is 1. The Bertz CT molecular complexity index is 860. The average molecular weight is 427 g/mol. The molecule has 1 aromatic heterocycles. The van der Waals surface area contributed by atoms with Crippen LogP contribution in [0.3, 0.4) is 0 Å². The van der Waals surface area contributed by atoms with Crippen LogP contribution in [0.5, 0.6) is 0 Å². The van der Waals surface area contributed by atoms with E-state index in [1.54, 1.807) is 31.3 Å². The summed E-state index contributed by atoms with van der Waals surface area (Å²) in [6.45, 7) is 1.07. The van der Waals surface area contributed by atoms with Crippen molar-refractivity contribution in [2.45, 2.75) is 13.1 Å². The van der Waals surface area contributed by atoms with E-state index < -0.39 is 17.8 Å². The monoisotopic (exact) mass is 426 g/mol. The lowest BCUT2D eigenvalue weighted by molar-refractivity contribution is -0.141. The molecule has 0 atom stereocenters. The third-order valence-electron chi connectivity index (χ3n) is 3.61. The Kier molecular flexibility index (Phi) is 5.87. The summed E-state index contributed by atoms with van der Waals surface area (Å²) < 4.78 is 39.6. The summed E-state index contributed by atoms with van der Waals surface area (Å²) in [5.41, 5.74) is -0.401. The van der Waals surface area contributed by atoms with Gasteiger partial charge >= 0.3 is 6.18 Å². The predicted molar refractivity (Wildman–Crippen MR) is 94.7 cm³/mol. The zero-order chi connectivity index (χ0) is 19.5. The Balaban J connectivity index is 2.20. The van der Waals surface area contributed by atoms with Gasteiger partial charge in [-0.2, -0.15) is 18.4 Å². The first-order valence-electron chi connectivity index (χ1n) is 7.38. The lowest BCUT2D eigenvalue weighted by Crippen LogP contribution is -2.32. The number of aromatic nitrogens is 1. The Labute approximate surface area is 156 Å². The Hall–Kier alpha value is -2.60. The van der Waals surface area contributed by atoms with Gasteiger partial charge in [0.15, 0.2) is 0 Å². The minimum absolute atomic E-state index is 0.0305. The van der Waals surface area contributed by atoms with Crippen molar-refractivity contribution >= 4 is 33.3 Å². The smallest absolute Gasteiger partial charge is 0.360 e. The number of hydrogen-bond donors (Lipinski definition) is 1. The molecule has 2 aromatic rings. The largest absolute Gasteiger partial charge is 0.433 e. The number of nitriles is 1. The van der Waals surface area contributed by atoms with Gasteiger partial charge in [-0.15, -0.1) is 0 Å². The number of pyridine rings is 1. The van der Waals surface area contributed by atoms with Crippen LogP contribution in [0.25, 0.3) is 0 Å². The second kappa shape index (κ2) is 7.74. The highest BCUT2D eigenvalue weighted by Gasteiger charge is 2.34. The van der Waals surface area contributed by atoms with Crippen LogP contribution in [0, 0.1) is 18.3 Å². The molecule has 0 unspecified atom stereocenters. The molecule has 0 spiro atoms. The Morgan fingerprint density at radius 1 is 1.35 bits per heavy atom. The fourth-order valence-electron chi connectivity index (χ4n) is 2.17. The third-order valence-corrected chi connectivity index (χ3v) is 4.14. The van der Waals surface area contributed by atoms with Gasteiger partial charge in [-0.1, -0.05) is 15.9 Å². The lowest BCUT2D eigenvalue weighted by Gasteiger charge is -2.19. The molecule has 0 saturated heterocycles. The van der Waals surface area contributed by atoms with Gasteiger partial charge in [0.05, 0.1) is 12.1 Å². The van der Waals surface area contributed by atoms with Crippen molar-refractivity contribution in [2.24, 2.45) is 0 Å². The molecule has 0 saturated carbocycles. The molecule has 5 nitrogen and oxygen atoms in total. The van der Waals surface area contributed by atoms with Gasteiger partial charge in [0.25, 0.3) is 0 Å². The summed E-state index contributed by atoms with van der Waals surface area (Å²) in [6.07, 6.45) is -4.65. The highest BCUT2D eigenvalue weighted by atomic mass is 79.9. The minimum atomic E-state index is -4.65. The number of aryl methyl sites for hydroxylation is 1. The molecule has 0 bridgehead atoms. The molecule has 1 amide bonds. The molecule has 1 N–H and O–H groups in total. The number of hydrogen-bond acceptors (Lipinski definition) is 4. The van der Waals surface area contributed by atoms with Crippen LogP contribution in [0.4, 0.5) is 24.7 Å². The molecule has 1 heterocycles. The maximum absolute atomic E-state index is 12.9. The van der Waals surface area contributed by atoms with E-state index in [1.807, 2.05) is 6.07 Å². The van der Waals surface area contributed by atoms with Crippen molar-refractivity contribution in [3.05, 3.63) is 51.6 Å². The van der Waals surface area contributed by atoms with Crippen molar-refractivity contribution in [3.63, 3.8) is 0 Å². The number of anilines is 2. The Morgan fingerprint density at radius 3 is 2.50 bits per heavy atom. The molecule has 0 aliphatic heterocycles. The van der Waals surface area contributed by atoms with Gasteiger partial charge in [0.2, 0.25) is 5.91 Å². The zero-order valence-electron chi connectivity index (χ0n) is 13.9. The number of halogens is 4. The third kappa shape index (κ3) is 4.52. The van der Waals surface area contributed by atoms with Crippen LogP contribution in [0.2, 0.25) is 0 Å². The Morgan fingerprint density at radius 2 is 1.96 bits per heavy atom. The molecular weight excluding hydrogens is 413 g/mol. The molecule has 136 valence electrons. The highest BCUT2D eigenvalue weighted by Crippen LogP contribution is 2.31. The van der Waals surface area contributed by atoms with Crippen molar-refractivity contribution in [3.8, 4) is 6.07 Å². The SMILES string of the molecule is Cc1cc(C(F)(F)F)nc(NCC(=O)N(C)c2ccc(Br)cc2)c1C#N. The summed E-state index contributed by atoms with van der Waals surface area (Å²) >= 11 is 3.29. The summed E-state index contributed by atoms with van der Waals surface area (Å²) in [7, 11) is 1.54. The van der Waals surface area contributed by atoms with E-state index in [2.05, 4.69) is 26.2 Å². The van der Waals surface area contributed by atoms with E-state index in [1.165, 1.54) is 11.8 Å². The molecule has 9 heteroatoms. The van der Waals surface area contributed by atoms with E-state index in [0.717, 1.165) is 10.5 Å². The standard InChI is InChI=1S/C17H14BrF3N4O/c1-10-7-14(17(19,20)21)24-16(13(10)8-22)23-9-15(26)25(2)12-5-3-11(18)4-6-12/h3-7H,9H2,1-2H3,(H,23,24). The first-order chi connectivity index (χ1) is 12.1. The quantitative estimate of drug-likeness (QED) is 0.798. The van der Waals surface area contributed by atoms with E-state index in [0.29, 0.717) is 5.69 Å². The van der Waals surface area contributed by atoms with Gasteiger partial charge in [-0.05, 0) is 42.8 Å². The highest BCUT2D eigenvalue weighted by molar-refractivity contribution is 9.10. The van der Waals surface area contributed by atoms with Crippen LogP contribution in [-0.4, -0.2) is 24.5 Å². The first-order valence-corrected chi connectivity index (χ1v) is 8.17. The second-order valence-corrected chi connectivity index (χ2v) is 6.36. The number of carbonyl (C=O) groups is 1. The van der Waals surface area contributed by atoms with Crippen LogP contribution < -0.4 is 10.2 Å². The molecule has 0 aliphatic carbocycles. The van der Waals surface area contributed by atoms with Gasteiger partial charge in [-0.3, -0.25) is 4.79 Å². The second-order valence-electron chi connectivity index (χ2n) is 5.44. The van der Waals surface area contributed by atoms with Crippen molar-refractivity contribution < 1.29 is 18.0 Å². The van der Waals surface area contributed by atoms with Gasteiger partial charge < -0.3 is 10.2 Å². The summed E-state index contributed by atoms with van der Waals surface area (Å²) in [4.78, 5) is 17.1. The van der Waals surface area contributed by atoms with E-state index >= 15 is 0 Å². The lowest BCUT2D eigenvalue weighted by atomic mass is 10.1. The van der Waals surface area contributed by atoms with E-state index in [9.17, 15) is 18.0 Å². The molecule has 26 heavy (non-hydrogen) atoms. The van der Waals surface area contributed by atoms with Crippen LogP contribution in [-0.2, 0) is 11.0 Å². The van der Waals surface area contributed by atoms with Crippen LogP contribution >= 0.6 is 15.9 Å². The summed E-state index contributed by atoms with van der Waals surface area (Å²) in [5, 5.41) is 11.7. The fourth-order valence-corrected chi connectivity index (χ4v) is 2.44. The predicted octanol–water partition coefficient (Wildman–Crippen LogP) is 4.12. The van der Waals surface area contributed by atoms with Crippen molar-refractivity contribution in [1.82, 2.24) is 4.98 Å². The van der Waals surface area contributed by atoms with E-state index in [4.69, 9.17) is 5.26 Å². The number of nitrogens with one attached hydrogen (secondary N) is 1. The number of amides is 1. The normalized spacial score (nSPS) is 11.0. The van der Waals surface area contributed by atoms with Gasteiger partial charge in [0.1, 0.15) is 17.6 Å². The number of carbonyl (C=O) groups excluding carboxylic acids is 1. The average Bonchev–Trinajstić information content (AvgIpc) is 2.58. The molecule has 0 fully saturated rings. The van der Waals surface area contributed by atoms with Gasteiger partial charge in [0, 0.05) is 17.2 Å². The van der Waals surface area contributed by atoms with Crippen molar-refractivity contribution in [2.75, 3.05) is 23.8 Å². The molecule has 0 aliphatic rings. The maximum Gasteiger partial charge on any atom is 0.433 e. The minimum Gasteiger partial charge on any atom is -0.360 e. The maximum atomic E-state index is 12.9. The number of benzene rings is 1.